The second kappa shape index (κ2) is 8.91. The first-order valence-electron chi connectivity index (χ1n) is 10.8. The first kappa shape index (κ1) is 23.9. The van der Waals surface area contributed by atoms with Gasteiger partial charge in [0.15, 0.2) is 6.40 Å². The predicted molar refractivity (Wildman–Crippen MR) is 122 cm³/mol. The fourth-order valence-corrected chi connectivity index (χ4v) is 26.9. The van der Waals surface area contributed by atoms with E-state index in [0.29, 0.717) is 33.2 Å². The SMILES string of the molecule is CC(C)[Si](C(C)C)(C(C)C)N(C1COC=N1)[Si](C(C)C)(C(C)C)C(C)C. The molecule has 0 radical (unpaired) electrons. The lowest BCUT2D eigenvalue weighted by Crippen LogP contribution is -2.76. The Hall–Kier alpha value is -0.136. The van der Waals surface area contributed by atoms with Crippen LogP contribution in [0.1, 0.15) is 83.1 Å². The molecule has 0 aromatic heterocycles. The molecular weight excluding hydrogens is 352 g/mol. The molecule has 1 rings (SSSR count). The summed E-state index contributed by atoms with van der Waals surface area (Å²) < 4.78 is 8.83. The average Bonchev–Trinajstić information content (AvgIpc) is 2.97. The van der Waals surface area contributed by atoms with Crippen LogP contribution < -0.4 is 0 Å². The number of hydrogen-bond acceptors (Lipinski definition) is 3. The van der Waals surface area contributed by atoms with Gasteiger partial charge < -0.3 is 8.97 Å². The smallest absolute Gasteiger partial charge is 0.171 e. The number of rotatable bonds is 9. The molecule has 0 fully saturated rings. The second-order valence-corrected chi connectivity index (χ2v) is 22.0. The molecule has 0 aromatic carbocycles. The Morgan fingerprint density at radius 3 is 1.19 bits per heavy atom. The molecule has 5 heteroatoms. The maximum atomic E-state index is 5.72. The van der Waals surface area contributed by atoms with Gasteiger partial charge >= 0.3 is 0 Å². The minimum absolute atomic E-state index is 0.215. The Morgan fingerprint density at radius 1 is 0.692 bits per heavy atom. The highest BCUT2D eigenvalue weighted by Crippen LogP contribution is 2.54. The molecule has 1 atom stereocenters. The summed E-state index contributed by atoms with van der Waals surface area (Å²) in [7, 11) is -3.69. The molecule has 0 bridgehead atoms. The van der Waals surface area contributed by atoms with Crippen molar-refractivity contribution in [3.63, 3.8) is 0 Å². The van der Waals surface area contributed by atoms with Crippen LogP contribution in [0.2, 0.25) is 33.2 Å². The quantitative estimate of drug-likeness (QED) is 0.390. The molecule has 0 N–H and O–H groups in total. The second-order valence-electron chi connectivity index (χ2n) is 10.1. The molecule has 0 aliphatic carbocycles. The van der Waals surface area contributed by atoms with Gasteiger partial charge in [0, 0.05) is 0 Å². The van der Waals surface area contributed by atoms with Crippen LogP contribution in [0, 0.1) is 0 Å². The first-order chi connectivity index (χ1) is 11.9. The topological polar surface area (TPSA) is 24.8 Å². The standard InChI is InChI=1S/C21H46N2OSi2/c1-15(2)25(16(3)4,17(5)6)23(21-13-24-14-22-21)26(18(7)8,19(9)10)20(11)12/h14-21H,13H2,1-12H3. The van der Waals surface area contributed by atoms with Crippen molar-refractivity contribution in [2.75, 3.05) is 6.61 Å². The van der Waals surface area contributed by atoms with Gasteiger partial charge in [0.25, 0.3) is 0 Å². The first-order valence-corrected chi connectivity index (χ1v) is 15.2. The summed E-state index contributed by atoms with van der Waals surface area (Å²) in [6.45, 7) is 30.6. The largest absolute Gasteiger partial charge is 0.480 e. The van der Waals surface area contributed by atoms with Crippen LogP contribution in [0.5, 0.6) is 0 Å². The van der Waals surface area contributed by atoms with E-state index in [9.17, 15) is 0 Å². The maximum absolute atomic E-state index is 5.72. The van der Waals surface area contributed by atoms with Crippen molar-refractivity contribution in [3.05, 3.63) is 0 Å². The van der Waals surface area contributed by atoms with E-state index < -0.39 is 16.5 Å². The van der Waals surface area contributed by atoms with Gasteiger partial charge in [-0.05, 0) is 33.2 Å². The Balaban J connectivity index is 3.89. The fraction of sp³-hybridized carbons (Fsp3) is 0.952. The van der Waals surface area contributed by atoms with Crippen molar-refractivity contribution >= 4 is 22.9 Å². The Bertz CT molecular complexity index is 397. The van der Waals surface area contributed by atoms with Crippen molar-refractivity contribution < 1.29 is 4.74 Å². The summed E-state index contributed by atoms with van der Waals surface area (Å²) in [4.78, 5) is 4.91. The van der Waals surface area contributed by atoms with Gasteiger partial charge in [0.2, 0.25) is 0 Å². The van der Waals surface area contributed by atoms with Crippen LogP contribution in [-0.4, -0.2) is 39.9 Å². The summed E-state index contributed by atoms with van der Waals surface area (Å²) in [5.74, 6) is 0. The minimum atomic E-state index is -1.84. The molecule has 0 saturated carbocycles. The summed E-state index contributed by atoms with van der Waals surface area (Å²) in [5, 5.41) is 0. The van der Waals surface area contributed by atoms with E-state index in [1.54, 1.807) is 6.40 Å². The number of ether oxygens (including phenoxy) is 1. The summed E-state index contributed by atoms with van der Waals surface area (Å²) in [6, 6.07) is 0. The van der Waals surface area contributed by atoms with Crippen LogP contribution >= 0.6 is 0 Å². The third-order valence-corrected chi connectivity index (χ3v) is 22.9. The van der Waals surface area contributed by atoms with E-state index in [4.69, 9.17) is 9.73 Å². The molecule has 1 aliphatic heterocycles. The van der Waals surface area contributed by atoms with Crippen molar-refractivity contribution in [1.82, 2.24) is 4.23 Å². The minimum Gasteiger partial charge on any atom is -0.480 e. The van der Waals surface area contributed by atoms with E-state index in [2.05, 4.69) is 87.3 Å². The molecular formula is C21H46N2OSi2. The number of aliphatic imine (C=N–C) groups is 1. The third-order valence-electron chi connectivity index (χ3n) is 7.23. The summed E-state index contributed by atoms with van der Waals surface area (Å²) >= 11 is 0. The van der Waals surface area contributed by atoms with Gasteiger partial charge in [-0.25, -0.2) is 4.99 Å². The van der Waals surface area contributed by atoms with E-state index in [1.165, 1.54) is 0 Å². The molecule has 0 spiro atoms. The Morgan fingerprint density at radius 2 is 1.00 bits per heavy atom. The molecule has 0 aromatic rings. The zero-order valence-electron chi connectivity index (χ0n) is 19.6. The van der Waals surface area contributed by atoms with Crippen molar-refractivity contribution in [2.24, 2.45) is 4.99 Å². The summed E-state index contributed by atoms with van der Waals surface area (Å²) in [5.41, 5.74) is 4.17. The number of nitrogens with zero attached hydrogens (tertiary/aromatic N) is 2. The van der Waals surface area contributed by atoms with Crippen LogP contribution in [0.25, 0.3) is 0 Å². The molecule has 0 amide bonds. The lowest BCUT2D eigenvalue weighted by Gasteiger charge is -2.63. The van der Waals surface area contributed by atoms with Crippen LogP contribution in [0.4, 0.5) is 0 Å². The van der Waals surface area contributed by atoms with Crippen LogP contribution in [0.3, 0.4) is 0 Å². The van der Waals surface area contributed by atoms with Crippen LogP contribution in [0.15, 0.2) is 4.99 Å². The van der Waals surface area contributed by atoms with Crippen molar-refractivity contribution in [3.8, 4) is 0 Å². The lowest BCUT2D eigenvalue weighted by atomic mass is 10.5. The molecule has 1 aliphatic rings. The Labute approximate surface area is 166 Å². The fourth-order valence-electron chi connectivity index (χ4n) is 6.95. The van der Waals surface area contributed by atoms with Crippen LogP contribution in [-0.2, 0) is 4.74 Å². The predicted octanol–water partition coefficient (Wildman–Crippen LogP) is 7.02. The maximum Gasteiger partial charge on any atom is 0.171 e. The molecule has 154 valence electrons. The normalized spacial score (nSPS) is 19.3. The van der Waals surface area contributed by atoms with Gasteiger partial charge in [-0.15, -0.1) is 0 Å². The highest BCUT2D eigenvalue weighted by molar-refractivity contribution is 6.96. The van der Waals surface area contributed by atoms with Gasteiger partial charge in [-0.2, -0.15) is 0 Å². The third kappa shape index (κ3) is 3.60. The number of hydrogen-bond donors (Lipinski definition) is 0. The summed E-state index contributed by atoms with van der Waals surface area (Å²) in [6.07, 6.45) is 1.94. The van der Waals surface area contributed by atoms with Gasteiger partial charge in [0.1, 0.15) is 29.2 Å². The highest BCUT2D eigenvalue weighted by atomic mass is 28.4. The Kier molecular flexibility index (Phi) is 8.19. The molecule has 26 heavy (non-hydrogen) atoms. The molecule has 1 unspecified atom stereocenters. The van der Waals surface area contributed by atoms with Crippen molar-refractivity contribution in [2.45, 2.75) is 122 Å². The van der Waals surface area contributed by atoms with Crippen molar-refractivity contribution in [1.29, 1.82) is 0 Å². The zero-order chi connectivity index (χ0) is 20.4. The van der Waals surface area contributed by atoms with E-state index in [1.807, 2.05) is 0 Å². The highest BCUT2D eigenvalue weighted by Gasteiger charge is 2.61. The lowest BCUT2D eigenvalue weighted by molar-refractivity contribution is 0.271. The van der Waals surface area contributed by atoms with Gasteiger partial charge in [-0.3, -0.25) is 0 Å². The monoisotopic (exact) mass is 398 g/mol. The zero-order valence-corrected chi connectivity index (χ0v) is 21.6. The average molecular weight is 399 g/mol. The van der Waals surface area contributed by atoms with Gasteiger partial charge in [-0.1, -0.05) is 83.1 Å². The molecule has 3 nitrogen and oxygen atoms in total. The van der Waals surface area contributed by atoms with E-state index >= 15 is 0 Å². The molecule has 1 heterocycles. The van der Waals surface area contributed by atoms with E-state index in [-0.39, 0.29) is 6.17 Å². The van der Waals surface area contributed by atoms with Gasteiger partial charge in [0.05, 0.1) is 0 Å². The molecule has 0 saturated heterocycles. The van der Waals surface area contributed by atoms with E-state index in [0.717, 1.165) is 6.61 Å².